The minimum atomic E-state index is -0.181. The second-order valence-electron chi connectivity index (χ2n) is 29.3. The molecular weight excluding hydrogens is 1100 g/mol. The monoisotopic (exact) mass is 1180 g/mol. The molecule has 0 saturated carbocycles. The molecule has 0 saturated heterocycles. The minimum absolute atomic E-state index is 0.0200. The lowest BCUT2D eigenvalue weighted by Gasteiger charge is -2.46. The van der Waals surface area contributed by atoms with Gasteiger partial charge in [-0.25, -0.2) is 0 Å². The van der Waals surface area contributed by atoms with Gasteiger partial charge in [-0.2, -0.15) is 0 Å². The molecule has 0 N–H and O–H groups in total. The van der Waals surface area contributed by atoms with E-state index in [0.717, 1.165) is 89.8 Å². The van der Waals surface area contributed by atoms with E-state index in [2.05, 4.69) is 366 Å². The number of anilines is 6. The van der Waals surface area contributed by atoms with Gasteiger partial charge in [-0.3, -0.25) is 0 Å². The van der Waals surface area contributed by atoms with Gasteiger partial charge in [-0.15, -0.1) is 0 Å². The fourth-order valence-corrected chi connectivity index (χ4v) is 14.3. The summed E-state index contributed by atoms with van der Waals surface area (Å²) >= 11 is 0. The SMILES string of the molecule is CC(C)(C)c1ccc(-c2ccc3c(c2)N(c2c(-c4ccccc4)cccc2-c2ccccc2)c2cc(-c4ccccc4)cc4c2B3c2ccc(-c3ccc(C(C)(C)C)cc3C(C)(C)C)cc2N4c2c(-c3ccccc3)cccc2-c2ccccc2)c(C(C)(C)C)c1. The van der Waals surface area contributed by atoms with Gasteiger partial charge < -0.3 is 9.80 Å². The molecule has 2 nitrogen and oxygen atoms in total. The highest BCUT2D eigenvalue weighted by atomic mass is 15.2. The molecule has 0 atom stereocenters. The largest absolute Gasteiger partial charge is 0.310 e. The molecule has 0 aromatic heterocycles. The molecule has 3 heteroatoms. The second-order valence-corrected chi connectivity index (χ2v) is 29.3. The molecule has 2 aliphatic heterocycles. The zero-order chi connectivity index (χ0) is 63.1. The highest BCUT2D eigenvalue weighted by molar-refractivity contribution is 7.00. The van der Waals surface area contributed by atoms with Gasteiger partial charge in [0.25, 0.3) is 6.71 Å². The van der Waals surface area contributed by atoms with Crippen molar-refractivity contribution in [1.29, 1.82) is 0 Å². The number of nitrogens with zero attached hydrogens (tertiary/aromatic N) is 2. The third-order valence-corrected chi connectivity index (χ3v) is 19.0. The van der Waals surface area contributed by atoms with Gasteiger partial charge in [0.2, 0.25) is 0 Å². The highest BCUT2D eigenvalue weighted by Gasteiger charge is 2.46. The van der Waals surface area contributed by atoms with Gasteiger partial charge >= 0.3 is 0 Å². The van der Waals surface area contributed by atoms with Crippen LogP contribution in [0.4, 0.5) is 34.1 Å². The van der Waals surface area contributed by atoms with Crippen LogP contribution in [0.2, 0.25) is 0 Å². The number of para-hydroxylation sites is 2. The summed E-state index contributed by atoms with van der Waals surface area (Å²) in [6.07, 6.45) is 0. The topological polar surface area (TPSA) is 6.48 Å². The van der Waals surface area contributed by atoms with Crippen LogP contribution in [-0.2, 0) is 21.7 Å². The summed E-state index contributed by atoms with van der Waals surface area (Å²) in [5.41, 5.74) is 32.2. The lowest BCUT2D eigenvalue weighted by molar-refractivity contribution is 0.569. The molecule has 12 aromatic carbocycles. The normalized spacial score (nSPS) is 13.0. The van der Waals surface area contributed by atoms with Crippen molar-refractivity contribution in [3.05, 3.63) is 295 Å². The summed E-state index contributed by atoms with van der Waals surface area (Å²) in [4.78, 5) is 5.38. The molecule has 14 rings (SSSR count). The van der Waals surface area contributed by atoms with Crippen molar-refractivity contribution in [2.45, 2.75) is 105 Å². The van der Waals surface area contributed by atoms with E-state index in [1.54, 1.807) is 0 Å². The van der Waals surface area contributed by atoms with Crippen LogP contribution >= 0.6 is 0 Å². The molecule has 2 aliphatic rings. The maximum atomic E-state index is 2.69. The second kappa shape index (κ2) is 22.7. The summed E-state index contributed by atoms with van der Waals surface area (Å²) in [6.45, 7) is 28.0. The maximum absolute atomic E-state index is 2.69. The average molecular weight is 1180 g/mol. The fraction of sp³-hybridized carbons (Fsp3) is 0.182. The Labute approximate surface area is 541 Å². The van der Waals surface area contributed by atoms with Crippen molar-refractivity contribution < 1.29 is 0 Å². The maximum Gasteiger partial charge on any atom is 0.252 e. The number of fused-ring (bicyclic) bond motifs is 4. The molecular formula is C88H81BN2. The lowest BCUT2D eigenvalue weighted by Crippen LogP contribution is -2.61. The summed E-state index contributed by atoms with van der Waals surface area (Å²) in [5.74, 6) is 0. The third-order valence-electron chi connectivity index (χ3n) is 19.0. The first-order chi connectivity index (χ1) is 43.7. The van der Waals surface area contributed by atoms with Gasteiger partial charge in [0.15, 0.2) is 0 Å². The van der Waals surface area contributed by atoms with Crippen LogP contribution in [0.5, 0.6) is 0 Å². The van der Waals surface area contributed by atoms with Crippen LogP contribution in [0.15, 0.2) is 273 Å². The number of hydrogen-bond donors (Lipinski definition) is 0. The van der Waals surface area contributed by atoms with Gasteiger partial charge in [0.05, 0.1) is 11.4 Å². The molecule has 2 heterocycles. The van der Waals surface area contributed by atoms with Gasteiger partial charge in [0.1, 0.15) is 0 Å². The Hall–Kier alpha value is -9.70. The summed E-state index contributed by atoms with van der Waals surface area (Å²) in [6, 6.07) is 104. The predicted molar refractivity (Wildman–Crippen MR) is 393 cm³/mol. The Morgan fingerprint density at radius 2 is 0.538 bits per heavy atom. The van der Waals surface area contributed by atoms with E-state index in [0.29, 0.717) is 0 Å². The van der Waals surface area contributed by atoms with E-state index in [4.69, 9.17) is 0 Å². The van der Waals surface area contributed by atoms with Crippen molar-refractivity contribution in [3.8, 4) is 77.9 Å². The van der Waals surface area contributed by atoms with Crippen molar-refractivity contribution in [2.24, 2.45) is 0 Å². The minimum Gasteiger partial charge on any atom is -0.310 e. The molecule has 0 spiro atoms. The Kier molecular flexibility index (Phi) is 14.7. The number of hydrogen-bond acceptors (Lipinski definition) is 2. The van der Waals surface area contributed by atoms with Crippen molar-refractivity contribution in [2.75, 3.05) is 9.80 Å². The summed E-state index contributed by atoms with van der Waals surface area (Å²) < 4.78 is 0. The van der Waals surface area contributed by atoms with Crippen LogP contribution in [0.1, 0.15) is 105 Å². The van der Waals surface area contributed by atoms with E-state index >= 15 is 0 Å². The molecule has 0 radical (unpaired) electrons. The van der Waals surface area contributed by atoms with Crippen molar-refractivity contribution >= 4 is 57.2 Å². The molecule has 446 valence electrons. The first-order valence-electron chi connectivity index (χ1n) is 32.6. The summed E-state index contributed by atoms with van der Waals surface area (Å²) in [5, 5.41) is 0. The fourth-order valence-electron chi connectivity index (χ4n) is 14.3. The standard InChI is InChI=1S/C88H81BN2/c1-85(2,3)66-46-48-68(74(56-66)87(7,8)9)63-44-50-76-78(52-63)90(83-70(59-32-20-14-21-33-59)40-28-41-71(83)60-34-22-15-23-35-60)80-54-65(58-30-18-13-19-31-58)55-81-82(80)89(76)77-51-45-64(69-49-47-67(86(4,5)6)57-75(69)88(10,11)12)53-79(77)91(81)84-72(61-36-24-16-25-37-61)42-29-43-73(84)62-38-26-17-27-39-62/h13-57H,1-12H3. The van der Waals surface area contributed by atoms with E-state index in [9.17, 15) is 0 Å². The summed E-state index contributed by atoms with van der Waals surface area (Å²) in [7, 11) is 0. The Balaban J connectivity index is 1.17. The van der Waals surface area contributed by atoms with Gasteiger partial charge in [0, 0.05) is 45.0 Å². The molecule has 0 aliphatic carbocycles. The predicted octanol–water partition coefficient (Wildman–Crippen LogP) is 22.6. The first kappa shape index (κ1) is 59.0. The van der Waals surface area contributed by atoms with Crippen molar-refractivity contribution in [3.63, 3.8) is 0 Å². The zero-order valence-electron chi connectivity index (χ0n) is 55.0. The van der Waals surface area contributed by atoms with E-state index in [-0.39, 0.29) is 28.4 Å². The van der Waals surface area contributed by atoms with Crippen molar-refractivity contribution in [1.82, 2.24) is 0 Å². The zero-order valence-corrected chi connectivity index (χ0v) is 55.0. The van der Waals surface area contributed by atoms with Crippen LogP contribution in [0, 0.1) is 0 Å². The average Bonchev–Trinajstić information content (AvgIpc) is 0.690. The Morgan fingerprint density at radius 3 is 0.846 bits per heavy atom. The molecule has 12 aromatic rings. The molecule has 91 heavy (non-hydrogen) atoms. The Morgan fingerprint density at radius 1 is 0.231 bits per heavy atom. The van der Waals surface area contributed by atoms with Crippen LogP contribution in [0.25, 0.3) is 77.9 Å². The number of benzene rings is 12. The van der Waals surface area contributed by atoms with E-state index in [1.165, 1.54) is 60.9 Å². The smallest absolute Gasteiger partial charge is 0.252 e. The van der Waals surface area contributed by atoms with E-state index in [1.807, 2.05) is 0 Å². The van der Waals surface area contributed by atoms with Gasteiger partial charge in [-0.1, -0.05) is 332 Å². The molecule has 0 fully saturated rings. The lowest BCUT2D eigenvalue weighted by atomic mass is 9.33. The van der Waals surface area contributed by atoms with Crippen LogP contribution in [0.3, 0.4) is 0 Å². The molecule has 0 unspecified atom stereocenters. The number of rotatable bonds is 9. The van der Waals surface area contributed by atoms with Gasteiger partial charge in [-0.05, 0) is 140 Å². The van der Waals surface area contributed by atoms with E-state index < -0.39 is 0 Å². The highest BCUT2D eigenvalue weighted by Crippen LogP contribution is 2.55. The first-order valence-corrected chi connectivity index (χ1v) is 32.6. The molecule has 0 amide bonds. The molecule has 0 bridgehead atoms. The Bertz CT molecular complexity index is 4310. The third kappa shape index (κ3) is 10.7. The van der Waals surface area contributed by atoms with Crippen LogP contribution in [-0.4, -0.2) is 6.71 Å². The quantitative estimate of drug-likeness (QED) is 0.133. The van der Waals surface area contributed by atoms with Crippen LogP contribution < -0.4 is 26.2 Å².